The van der Waals surface area contributed by atoms with E-state index in [1.165, 1.54) is 51.6 Å². The number of carbonyl (C=O) groups is 2. The minimum Gasteiger partial charge on any atom is -0.466 e. The van der Waals surface area contributed by atoms with E-state index in [1.807, 2.05) is 0 Å². The van der Waals surface area contributed by atoms with Crippen LogP contribution in [0, 0.1) is 15.5 Å². The third-order valence-electron chi connectivity index (χ3n) is 8.90. The zero-order chi connectivity index (χ0) is 31.3. The van der Waals surface area contributed by atoms with Crippen molar-refractivity contribution in [3.8, 4) is 0 Å². The lowest BCUT2D eigenvalue weighted by Crippen LogP contribution is -2.56. The molecule has 43 heavy (non-hydrogen) atoms. The molecule has 2 fully saturated rings. The van der Waals surface area contributed by atoms with Crippen molar-refractivity contribution in [2.45, 2.75) is 66.0 Å². The largest absolute Gasteiger partial charge is 0.466 e. The number of ether oxygens (including phenoxy) is 2. The van der Waals surface area contributed by atoms with Crippen LogP contribution in [0.4, 0.5) is 5.69 Å². The highest BCUT2D eigenvalue weighted by Crippen LogP contribution is 2.40. The van der Waals surface area contributed by atoms with Gasteiger partial charge < -0.3 is 19.7 Å². The lowest BCUT2D eigenvalue weighted by atomic mass is 9.80. The van der Waals surface area contributed by atoms with Crippen LogP contribution in [0.25, 0.3) is 0 Å². The van der Waals surface area contributed by atoms with Crippen molar-refractivity contribution in [2.75, 3.05) is 59.5 Å². The van der Waals surface area contributed by atoms with Crippen LogP contribution >= 0.6 is 0 Å². The molecule has 0 saturated carbocycles. The van der Waals surface area contributed by atoms with E-state index >= 15 is 0 Å². The number of methoxy groups -OCH3 is 1. The number of carbonyl (C=O) groups excluding carboxylic acids is 2. The molecule has 2 atom stereocenters. The molecular formula is C32H47N5O6. The van der Waals surface area contributed by atoms with Gasteiger partial charge in [-0.3, -0.25) is 19.9 Å². The lowest BCUT2D eigenvalue weighted by molar-refractivity contribution is -0.384. The van der Waals surface area contributed by atoms with Gasteiger partial charge in [0, 0.05) is 61.7 Å². The molecule has 3 aliphatic heterocycles. The summed E-state index contributed by atoms with van der Waals surface area (Å²) < 4.78 is 11.0. The van der Waals surface area contributed by atoms with E-state index in [2.05, 4.69) is 40.8 Å². The maximum absolute atomic E-state index is 13.7. The summed E-state index contributed by atoms with van der Waals surface area (Å²) in [5, 5.41) is 14.6. The first-order chi connectivity index (χ1) is 20.4. The van der Waals surface area contributed by atoms with Gasteiger partial charge in [0.05, 0.1) is 41.9 Å². The van der Waals surface area contributed by atoms with E-state index in [0.29, 0.717) is 23.1 Å². The van der Waals surface area contributed by atoms with Crippen molar-refractivity contribution in [3.05, 3.63) is 62.5 Å². The molecule has 2 saturated heterocycles. The predicted octanol–water partition coefficient (Wildman–Crippen LogP) is 4.02. The molecule has 0 spiro atoms. The highest BCUT2D eigenvalue weighted by Gasteiger charge is 2.39. The highest BCUT2D eigenvalue weighted by atomic mass is 16.6. The van der Waals surface area contributed by atoms with Crippen LogP contribution in [0.1, 0.15) is 65.4 Å². The van der Waals surface area contributed by atoms with Gasteiger partial charge in [-0.15, -0.1) is 0 Å². The Morgan fingerprint density at radius 1 is 1.00 bits per heavy atom. The Labute approximate surface area is 255 Å². The number of hydrogen-bond acceptors (Lipinski definition) is 10. The zero-order valence-corrected chi connectivity index (χ0v) is 26.5. The van der Waals surface area contributed by atoms with E-state index in [1.54, 1.807) is 26.0 Å². The average Bonchev–Trinajstić information content (AvgIpc) is 2.99. The van der Waals surface area contributed by atoms with Gasteiger partial charge in [-0.05, 0) is 52.3 Å². The SMILES string of the molecule is COC(=O)C1=C(C)NC(C)=C(C(=O)OCC(C)(C)CN2CCN(C(C)N3CCCCC3)CC2)C1c1cccc([N+](=O)[O-])c1. The molecule has 4 rings (SSSR count). The van der Waals surface area contributed by atoms with E-state index in [4.69, 9.17) is 9.47 Å². The number of piperidine rings is 1. The van der Waals surface area contributed by atoms with Crippen LogP contribution in [-0.4, -0.2) is 97.3 Å². The number of nitrogens with zero attached hydrogens (tertiary/aromatic N) is 4. The number of dihydropyridines is 1. The second-order valence-electron chi connectivity index (χ2n) is 12.8. The minimum atomic E-state index is -0.876. The van der Waals surface area contributed by atoms with Crippen LogP contribution in [0.15, 0.2) is 46.8 Å². The molecule has 236 valence electrons. The topological polar surface area (TPSA) is 117 Å². The summed E-state index contributed by atoms with van der Waals surface area (Å²) in [6, 6.07) is 6.00. The van der Waals surface area contributed by atoms with Crippen molar-refractivity contribution in [3.63, 3.8) is 0 Å². The molecule has 1 N–H and O–H groups in total. The van der Waals surface area contributed by atoms with Crippen molar-refractivity contribution in [1.29, 1.82) is 0 Å². The number of hydrogen-bond donors (Lipinski definition) is 1. The molecule has 1 aromatic carbocycles. The van der Waals surface area contributed by atoms with Gasteiger partial charge in [0.15, 0.2) is 0 Å². The third kappa shape index (κ3) is 7.82. The number of rotatable bonds is 10. The molecular weight excluding hydrogens is 550 g/mol. The standard InChI is InChI=1S/C32H47N5O6/c1-22-27(30(38)42-6)29(25-11-10-12-26(19-25)37(40)41)28(23(2)33-22)31(39)43-21-32(4,5)20-34-15-17-36(18-16-34)24(3)35-13-8-7-9-14-35/h10-12,19,24,29,33H,7-9,13-18,20-21H2,1-6H3. The van der Waals surface area contributed by atoms with Gasteiger partial charge in [0.2, 0.25) is 0 Å². The number of nitrogens with one attached hydrogen (secondary N) is 1. The first-order valence-corrected chi connectivity index (χ1v) is 15.3. The summed E-state index contributed by atoms with van der Waals surface area (Å²) >= 11 is 0. The van der Waals surface area contributed by atoms with Gasteiger partial charge in [0.25, 0.3) is 5.69 Å². The third-order valence-corrected chi connectivity index (χ3v) is 8.90. The van der Waals surface area contributed by atoms with Crippen molar-refractivity contribution in [1.82, 2.24) is 20.0 Å². The fourth-order valence-electron chi connectivity index (χ4n) is 6.60. The van der Waals surface area contributed by atoms with Gasteiger partial charge in [-0.25, -0.2) is 9.59 Å². The lowest BCUT2D eigenvalue weighted by Gasteiger charge is -2.44. The summed E-state index contributed by atoms with van der Waals surface area (Å²) in [4.78, 5) is 45.3. The van der Waals surface area contributed by atoms with Crippen molar-refractivity contribution >= 4 is 17.6 Å². The smallest absolute Gasteiger partial charge is 0.336 e. The van der Waals surface area contributed by atoms with E-state index in [9.17, 15) is 19.7 Å². The summed E-state index contributed by atoms with van der Waals surface area (Å²) in [6.45, 7) is 17.3. The quantitative estimate of drug-likeness (QED) is 0.241. The number of allylic oxidation sites excluding steroid dienone is 2. The molecule has 0 amide bonds. The number of nitro benzene ring substituents is 1. The fraction of sp³-hybridized carbons (Fsp3) is 0.625. The Kier molecular flexibility index (Phi) is 10.6. The fourth-order valence-corrected chi connectivity index (χ4v) is 6.60. The number of benzene rings is 1. The molecule has 11 heteroatoms. The summed E-state index contributed by atoms with van der Waals surface area (Å²) in [6.07, 6.45) is 4.37. The van der Waals surface area contributed by atoms with Gasteiger partial charge >= 0.3 is 11.9 Å². The predicted molar refractivity (Wildman–Crippen MR) is 164 cm³/mol. The van der Waals surface area contributed by atoms with Crippen LogP contribution < -0.4 is 5.32 Å². The first kappa shape index (κ1) is 32.6. The molecule has 0 aliphatic carbocycles. The zero-order valence-electron chi connectivity index (χ0n) is 26.5. The molecule has 11 nitrogen and oxygen atoms in total. The molecule has 3 heterocycles. The van der Waals surface area contributed by atoms with E-state index in [-0.39, 0.29) is 28.9 Å². The molecule has 0 aromatic heterocycles. The minimum absolute atomic E-state index is 0.130. The maximum Gasteiger partial charge on any atom is 0.336 e. The number of nitro groups is 1. The summed E-state index contributed by atoms with van der Waals surface area (Å²) in [7, 11) is 1.27. The molecule has 0 radical (unpaired) electrons. The van der Waals surface area contributed by atoms with Gasteiger partial charge in [0.1, 0.15) is 0 Å². The van der Waals surface area contributed by atoms with Crippen molar-refractivity contribution < 1.29 is 24.0 Å². The number of likely N-dealkylation sites (tertiary alicyclic amines) is 1. The molecule has 1 aromatic rings. The van der Waals surface area contributed by atoms with Crippen LogP contribution in [0.5, 0.6) is 0 Å². The van der Waals surface area contributed by atoms with Crippen LogP contribution in [0.3, 0.4) is 0 Å². The Morgan fingerprint density at radius 3 is 2.21 bits per heavy atom. The molecule has 3 aliphatic rings. The normalized spacial score (nSPS) is 21.8. The Balaban J connectivity index is 1.43. The Bertz CT molecular complexity index is 1260. The summed E-state index contributed by atoms with van der Waals surface area (Å²) in [5.74, 6) is -2.06. The second-order valence-corrected chi connectivity index (χ2v) is 12.8. The van der Waals surface area contributed by atoms with Gasteiger partial charge in [-0.1, -0.05) is 32.4 Å². The second kappa shape index (κ2) is 14.0. The summed E-state index contributed by atoms with van der Waals surface area (Å²) in [5.41, 5.74) is 1.51. The number of esters is 2. The van der Waals surface area contributed by atoms with E-state index in [0.717, 1.165) is 32.7 Å². The number of piperazine rings is 1. The van der Waals surface area contributed by atoms with Crippen LogP contribution in [-0.2, 0) is 19.1 Å². The van der Waals surface area contributed by atoms with Crippen LogP contribution in [0.2, 0.25) is 0 Å². The maximum atomic E-state index is 13.7. The van der Waals surface area contributed by atoms with E-state index < -0.39 is 22.8 Å². The Morgan fingerprint density at radius 2 is 1.60 bits per heavy atom. The first-order valence-electron chi connectivity index (χ1n) is 15.3. The van der Waals surface area contributed by atoms with Gasteiger partial charge in [-0.2, -0.15) is 0 Å². The molecule has 0 bridgehead atoms. The number of non-ortho nitro benzene ring substituents is 1. The highest BCUT2D eigenvalue weighted by molar-refractivity contribution is 5.99. The Hall–Kier alpha value is -3.28. The monoisotopic (exact) mass is 597 g/mol. The van der Waals surface area contributed by atoms with Crippen molar-refractivity contribution in [2.24, 2.45) is 5.41 Å². The average molecular weight is 598 g/mol. The molecule has 2 unspecified atom stereocenters.